The van der Waals surface area contributed by atoms with Crippen LogP contribution in [0.5, 0.6) is 0 Å². The first-order valence-corrected chi connectivity index (χ1v) is 4.63. The zero-order valence-corrected chi connectivity index (χ0v) is 7.82. The Morgan fingerprint density at radius 1 is 1.75 bits per heavy atom. The van der Waals surface area contributed by atoms with Gasteiger partial charge in [0.05, 0.1) is 5.84 Å². The lowest BCUT2D eigenvalue weighted by Gasteiger charge is -1.98. The van der Waals surface area contributed by atoms with Gasteiger partial charge in [-0.2, -0.15) is 0 Å². The number of hydrogen-bond donors (Lipinski definition) is 3. The summed E-state index contributed by atoms with van der Waals surface area (Å²) in [4.78, 5) is 1.14. The van der Waals surface area contributed by atoms with E-state index >= 15 is 0 Å². The quantitative estimate of drug-likeness (QED) is 0.487. The van der Waals surface area contributed by atoms with E-state index in [1.165, 1.54) is 0 Å². The molecule has 0 spiro atoms. The van der Waals surface area contributed by atoms with Crippen molar-refractivity contribution < 1.29 is 0 Å². The van der Waals surface area contributed by atoms with E-state index in [-0.39, 0.29) is 11.9 Å². The molecule has 1 aromatic rings. The van der Waals surface area contributed by atoms with Crippen LogP contribution >= 0.6 is 11.3 Å². The predicted octanol–water partition coefficient (Wildman–Crippen LogP) is 1.25. The van der Waals surface area contributed by atoms with Gasteiger partial charge in [0.15, 0.2) is 0 Å². The van der Waals surface area contributed by atoms with Crippen LogP contribution in [0.3, 0.4) is 0 Å². The molecule has 66 valence electrons. The largest absolute Gasteiger partial charge is 0.387 e. The third kappa shape index (κ3) is 2.32. The Kier molecular flexibility index (Phi) is 2.83. The van der Waals surface area contributed by atoms with Crippen LogP contribution in [0.4, 0.5) is 0 Å². The highest BCUT2D eigenvalue weighted by atomic mass is 32.1. The van der Waals surface area contributed by atoms with Crippen LogP contribution in [0.1, 0.15) is 23.4 Å². The van der Waals surface area contributed by atoms with E-state index in [2.05, 4.69) is 0 Å². The van der Waals surface area contributed by atoms with Crippen molar-refractivity contribution in [2.75, 3.05) is 0 Å². The number of nitrogens with two attached hydrogens (primary N) is 2. The monoisotopic (exact) mass is 183 g/mol. The molecule has 0 aliphatic rings. The molecule has 12 heavy (non-hydrogen) atoms. The van der Waals surface area contributed by atoms with Crippen molar-refractivity contribution in [3.05, 3.63) is 21.9 Å². The van der Waals surface area contributed by atoms with Gasteiger partial charge in [-0.1, -0.05) is 0 Å². The van der Waals surface area contributed by atoms with Gasteiger partial charge >= 0.3 is 0 Å². The van der Waals surface area contributed by atoms with Gasteiger partial charge in [-0.15, -0.1) is 11.3 Å². The fourth-order valence-electron chi connectivity index (χ4n) is 0.946. The minimum Gasteiger partial charge on any atom is -0.387 e. The van der Waals surface area contributed by atoms with E-state index in [0.29, 0.717) is 6.42 Å². The van der Waals surface area contributed by atoms with Gasteiger partial charge in [0.1, 0.15) is 0 Å². The Labute approximate surface area is 75.9 Å². The lowest BCUT2D eigenvalue weighted by Crippen LogP contribution is -2.12. The summed E-state index contributed by atoms with van der Waals surface area (Å²) in [6, 6.07) is 2.09. The summed E-state index contributed by atoms with van der Waals surface area (Å²) in [5.74, 6) is 0.198. The highest BCUT2D eigenvalue weighted by molar-refractivity contribution is 7.10. The zero-order chi connectivity index (χ0) is 9.14. The van der Waals surface area contributed by atoms with E-state index in [1.807, 2.05) is 18.4 Å². The molecule has 0 radical (unpaired) electrons. The van der Waals surface area contributed by atoms with Crippen molar-refractivity contribution in [3.8, 4) is 0 Å². The maximum Gasteiger partial charge on any atom is 0.0950 e. The molecule has 0 saturated heterocycles. The third-order valence-electron chi connectivity index (χ3n) is 1.52. The number of nitrogens with one attached hydrogen (secondary N) is 1. The number of thiophene rings is 1. The second-order valence-corrected chi connectivity index (χ2v) is 3.79. The molecule has 0 amide bonds. The number of rotatable bonds is 3. The van der Waals surface area contributed by atoms with Crippen LogP contribution in [0.25, 0.3) is 0 Å². The summed E-state index contributed by atoms with van der Waals surface area (Å²) in [7, 11) is 0. The van der Waals surface area contributed by atoms with Crippen LogP contribution in [-0.2, 0) is 6.42 Å². The van der Waals surface area contributed by atoms with E-state index < -0.39 is 0 Å². The Morgan fingerprint density at radius 2 is 2.42 bits per heavy atom. The molecule has 3 nitrogen and oxygen atoms in total. The molecule has 0 bridgehead atoms. The molecular weight excluding hydrogens is 170 g/mol. The molecule has 4 heteroatoms. The SMILES string of the molecule is C[C@@H](N)c1cc(CC(=N)N)cs1. The number of hydrogen-bond acceptors (Lipinski definition) is 3. The summed E-state index contributed by atoms with van der Waals surface area (Å²) in [5.41, 5.74) is 12.0. The molecule has 0 saturated carbocycles. The first kappa shape index (κ1) is 9.22. The minimum absolute atomic E-state index is 0.0794. The second kappa shape index (κ2) is 3.69. The topological polar surface area (TPSA) is 75.9 Å². The maximum atomic E-state index is 7.10. The molecule has 0 aliphatic carbocycles. The Balaban J connectivity index is 2.70. The van der Waals surface area contributed by atoms with Crippen molar-refractivity contribution in [2.45, 2.75) is 19.4 Å². The van der Waals surface area contributed by atoms with E-state index in [4.69, 9.17) is 16.9 Å². The standard InChI is InChI=1S/C8H13N3S/c1-5(9)7-2-6(4-12-7)3-8(10)11/h2,4-5H,3,9H2,1H3,(H3,10,11)/t5-/m1/s1. The summed E-state index contributed by atoms with van der Waals surface area (Å²) in [6.07, 6.45) is 0.531. The Morgan fingerprint density at radius 3 is 2.83 bits per heavy atom. The summed E-state index contributed by atoms with van der Waals surface area (Å²) < 4.78 is 0. The Hall–Kier alpha value is -0.870. The highest BCUT2D eigenvalue weighted by Crippen LogP contribution is 2.20. The predicted molar refractivity (Wildman–Crippen MR) is 52.5 cm³/mol. The average molecular weight is 183 g/mol. The summed E-state index contributed by atoms with van der Waals surface area (Å²) >= 11 is 1.62. The van der Waals surface area contributed by atoms with Gasteiger partial charge in [0, 0.05) is 17.3 Å². The Bertz CT molecular complexity index is 278. The first-order chi connectivity index (χ1) is 5.59. The van der Waals surface area contributed by atoms with Gasteiger partial charge in [-0.3, -0.25) is 5.41 Å². The fourth-order valence-corrected chi connectivity index (χ4v) is 1.82. The lowest BCUT2D eigenvalue weighted by atomic mass is 10.2. The van der Waals surface area contributed by atoms with Crippen molar-refractivity contribution >= 4 is 17.2 Å². The highest BCUT2D eigenvalue weighted by Gasteiger charge is 2.04. The summed E-state index contributed by atoms with van der Waals surface area (Å²) in [6.45, 7) is 1.95. The summed E-state index contributed by atoms with van der Waals surface area (Å²) in [5, 5.41) is 9.10. The van der Waals surface area contributed by atoms with Crippen LogP contribution < -0.4 is 11.5 Å². The molecule has 1 atom stereocenters. The molecule has 5 N–H and O–H groups in total. The van der Waals surface area contributed by atoms with Crippen molar-refractivity contribution in [3.63, 3.8) is 0 Å². The minimum atomic E-state index is 0.0794. The van der Waals surface area contributed by atoms with Crippen molar-refractivity contribution in [1.29, 1.82) is 5.41 Å². The molecule has 0 aromatic carbocycles. The smallest absolute Gasteiger partial charge is 0.0950 e. The van der Waals surface area contributed by atoms with Crippen LogP contribution in [0, 0.1) is 5.41 Å². The molecule has 0 unspecified atom stereocenters. The molecule has 1 rings (SSSR count). The first-order valence-electron chi connectivity index (χ1n) is 3.75. The molecule has 0 fully saturated rings. The van der Waals surface area contributed by atoms with E-state index in [9.17, 15) is 0 Å². The van der Waals surface area contributed by atoms with Crippen LogP contribution in [0.2, 0.25) is 0 Å². The number of amidine groups is 1. The fraction of sp³-hybridized carbons (Fsp3) is 0.375. The van der Waals surface area contributed by atoms with Gasteiger partial charge < -0.3 is 11.5 Å². The van der Waals surface area contributed by atoms with Gasteiger partial charge in [0.25, 0.3) is 0 Å². The molecule has 0 aliphatic heterocycles. The second-order valence-electron chi connectivity index (χ2n) is 2.85. The molecule has 1 heterocycles. The van der Waals surface area contributed by atoms with Crippen molar-refractivity contribution in [1.82, 2.24) is 0 Å². The molecular formula is C8H13N3S. The van der Waals surface area contributed by atoms with Crippen LogP contribution in [-0.4, -0.2) is 5.84 Å². The average Bonchev–Trinajstić information content (AvgIpc) is 2.34. The van der Waals surface area contributed by atoms with Crippen molar-refractivity contribution in [2.24, 2.45) is 11.5 Å². The van der Waals surface area contributed by atoms with Gasteiger partial charge in [-0.05, 0) is 23.9 Å². The normalized spacial score (nSPS) is 12.8. The third-order valence-corrected chi connectivity index (χ3v) is 2.70. The maximum absolute atomic E-state index is 7.10. The van der Waals surface area contributed by atoms with E-state index in [0.717, 1.165) is 10.4 Å². The molecule has 1 aromatic heterocycles. The van der Waals surface area contributed by atoms with Gasteiger partial charge in [-0.25, -0.2) is 0 Å². The lowest BCUT2D eigenvalue weighted by molar-refractivity contribution is 0.837. The van der Waals surface area contributed by atoms with E-state index in [1.54, 1.807) is 11.3 Å². The van der Waals surface area contributed by atoms with Crippen LogP contribution in [0.15, 0.2) is 11.4 Å². The van der Waals surface area contributed by atoms with Gasteiger partial charge in [0.2, 0.25) is 0 Å². The zero-order valence-electron chi connectivity index (χ0n) is 7.00.